The van der Waals surface area contributed by atoms with Crippen molar-refractivity contribution in [3.8, 4) is 78.6 Å². The summed E-state index contributed by atoms with van der Waals surface area (Å²) in [5.41, 5.74) is 17.7. The van der Waals surface area contributed by atoms with Crippen molar-refractivity contribution in [2.75, 3.05) is 0 Å². The van der Waals surface area contributed by atoms with E-state index in [1.807, 2.05) is 52.1 Å². The first-order valence-electron chi connectivity index (χ1n) is 24.4. The van der Waals surface area contributed by atoms with Crippen LogP contribution in [0.3, 0.4) is 0 Å². The molecule has 4 nitrogen and oxygen atoms in total. The Morgan fingerprint density at radius 3 is 1.73 bits per heavy atom. The Kier molecular flexibility index (Phi) is 11.2. The van der Waals surface area contributed by atoms with E-state index in [2.05, 4.69) is 193 Å². The van der Waals surface area contributed by atoms with Gasteiger partial charge in [-0.05, 0) is 145 Å². The largest absolute Gasteiger partial charge is 0.507 e. The third-order valence-electron chi connectivity index (χ3n) is 13.1. The lowest BCUT2D eigenvalue weighted by molar-refractivity contribution is 0.446. The molecule has 1 N–H and O–H groups in total. The zero-order valence-electron chi connectivity index (χ0n) is 42.9. The monoisotopic (exact) mass is 880 g/mol. The lowest BCUT2D eigenvalue weighted by Crippen LogP contribution is -2.17. The van der Waals surface area contributed by atoms with Gasteiger partial charge in [-0.3, -0.25) is 9.55 Å². The van der Waals surface area contributed by atoms with E-state index in [0.29, 0.717) is 11.4 Å². The maximum Gasteiger partial charge on any atom is 0.149 e. The average Bonchev–Trinajstić information content (AvgIpc) is 3.70. The molecule has 336 valence electrons. The van der Waals surface area contributed by atoms with Crippen LogP contribution in [0.25, 0.3) is 83.9 Å². The average molecular weight is 880 g/mol. The molecule has 0 bridgehead atoms. The fraction of sp³-hybridized carbons (Fsp3) is 0.238. The van der Waals surface area contributed by atoms with Crippen LogP contribution in [-0.2, 0) is 10.8 Å². The van der Waals surface area contributed by atoms with E-state index in [4.69, 9.17) is 12.7 Å². The van der Waals surface area contributed by atoms with E-state index in [1.165, 1.54) is 0 Å². The smallest absolute Gasteiger partial charge is 0.149 e. The van der Waals surface area contributed by atoms with Gasteiger partial charge in [0.25, 0.3) is 0 Å². The zero-order chi connectivity index (χ0) is 49.2. The molecule has 9 aromatic rings. The molecule has 0 saturated heterocycles. The maximum atomic E-state index is 12.5. The maximum absolute atomic E-state index is 12.5. The number of benzene rings is 7. The van der Waals surface area contributed by atoms with Gasteiger partial charge in [-0.2, -0.15) is 0 Å². The van der Waals surface area contributed by atoms with Gasteiger partial charge < -0.3 is 5.11 Å². The summed E-state index contributed by atoms with van der Waals surface area (Å²) in [7, 11) is 0. The molecule has 0 radical (unpaired) electrons. The minimum atomic E-state index is -0.840. The normalized spacial score (nSPS) is 12.9. The number of fused-ring (bicyclic) bond motifs is 1. The Bertz CT molecular complexity index is 3340. The van der Waals surface area contributed by atoms with Crippen molar-refractivity contribution in [1.29, 1.82) is 0 Å². The van der Waals surface area contributed by atoms with Crippen LogP contribution in [0.1, 0.15) is 112 Å². The second kappa shape index (κ2) is 17.6. The van der Waals surface area contributed by atoms with Crippen molar-refractivity contribution in [2.45, 2.75) is 98.8 Å². The third-order valence-corrected chi connectivity index (χ3v) is 13.1. The summed E-state index contributed by atoms with van der Waals surface area (Å²) in [5.74, 6) is -0.809. The highest BCUT2D eigenvalue weighted by atomic mass is 16.3. The fourth-order valence-electron chi connectivity index (χ4n) is 9.15. The number of phenols is 1. The summed E-state index contributed by atoms with van der Waals surface area (Å²) in [5, 5.41) is 12.5. The highest BCUT2D eigenvalue weighted by molar-refractivity contribution is 5.98. The molecule has 7 aromatic carbocycles. The van der Waals surface area contributed by atoms with Gasteiger partial charge in [0.2, 0.25) is 0 Å². The van der Waals surface area contributed by atoms with Gasteiger partial charge in [-0.1, -0.05) is 172 Å². The Morgan fingerprint density at radius 1 is 0.522 bits per heavy atom. The lowest BCUT2D eigenvalue weighted by Gasteiger charge is -2.27. The Labute approximate surface area is 400 Å². The highest BCUT2D eigenvalue weighted by Crippen LogP contribution is 2.45. The van der Waals surface area contributed by atoms with Crippen molar-refractivity contribution < 1.29 is 7.85 Å². The van der Waals surface area contributed by atoms with Gasteiger partial charge in [0.05, 0.1) is 28.0 Å². The molecule has 0 saturated carbocycles. The predicted molar refractivity (Wildman–Crippen MR) is 283 cm³/mol. The molecule has 0 aliphatic carbocycles. The summed E-state index contributed by atoms with van der Waals surface area (Å²) in [4.78, 5) is 10.6. The number of pyridine rings is 1. The summed E-state index contributed by atoms with van der Waals surface area (Å²) in [6.45, 7) is 22.8. The van der Waals surface area contributed by atoms with Crippen molar-refractivity contribution in [2.24, 2.45) is 0 Å². The van der Waals surface area contributed by atoms with Gasteiger partial charge in [0.15, 0.2) is 0 Å². The van der Waals surface area contributed by atoms with Crippen LogP contribution in [-0.4, -0.2) is 19.6 Å². The molecule has 2 heterocycles. The van der Waals surface area contributed by atoms with Crippen molar-refractivity contribution in [3.05, 3.63) is 192 Å². The number of hydrogen-bond acceptors (Lipinski definition) is 3. The standard InChI is InChI=1S/C63H63N3O/c1-39(2)46-30-47(40(3)4)32-49(31-46)44-25-26-57(41(5)29-44)66-58-24-18-23-53(59(58)65-61(66)54-37-52(62(6,7)8)38-55(60(54)67)63(9,10)11)50-33-48(43-21-16-13-17-22-43)34-51(35-50)56-36-45(27-28-64-56)42-19-14-12-15-20-42/h12-40,67H,1-11H3/i39D,40D. The second-order valence-corrected chi connectivity index (χ2v) is 20.6. The lowest BCUT2D eigenvalue weighted by atomic mass is 9.79. The molecule has 9 rings (SSSR count). The summed E-state index contributed by atoms with van der Waals surface area (Å²) in [6, 6.07) is 55.2. The van der Waals surface area contributed by atoms with Crippen LogP contribution in [0, 0.1) is 6.92 Å². The van der Waals surface area contributed by atoms with Gasteiger partial charge in [0, 0.05) is 25.6 Å². The number of para-hydroxylation sites is 1. The van der Waals surface area contributed by atoms with E-state index in [1.54, 1.807) is 0 Å². The van der Waals surface area contributed by atoms with Crippen LogP contribution in [0.15, 0.2) is 164 Å². The first kappa shape index (κ1) is 42.6. The molecule has 0 spiro atoms. The molecule has 0 fully saturated rings. The van der Waals surface area contributed by atoms with Crippen LogP contribution in [0.5, 0.6) is 5.75 Å². The number of aryl methyl sites for hydroxylation is 1. The van der Waals surface area contributed by atoms with E-state index >= 15 is 0 Å². The minimum Gasteiger partial charge on any atom is -0.507 e. The zero-order valence-corrected chi connectivity index (χ0v) is 40.9. The number of aromatic nitrogens is 3. The third kappa shape index (κ3) is 8.98. The quantitative estimate of drug-likeness (QED) is 0.157. The van der Waals surface area contributed by atoms with E-state index in [9.17, 15) is 5.11 Å². The molecule has 0 aliphatic rings. The van der Waals surface area contributed by atoms with E-state index in [-0.39, 0.29) is 16.6 Å². The number of hydrogen-bond donors (Lipinski definition) is 1. The van der Waals surface area contributed by atoms with Crippen LogP contribution < -0.4 is 0 Å². The van der Waals surface area contributed by atoms with Crippen molar-refractivity contribution in [1.82, 2.24) is 14.5 Å². The van der Waals surface area contributed by atoms with Crippen LogP contribution in [0.4, 0.5) is 0 Å². The topological polar surface area (TPSA) is 50.9 Å². The second-order valence-electron chi connectivity index (χ2n) is 20.6. The van der Waals surface area contributed by atoms with E-state index in [0.717, 1.165) is 100 Å². The highest BCUT2D eigenvalue weighted by Gasteiger charge is 2.29. The SMILES string of the molecule is [2H]C(C)(C)c1cc(-c2ccc(-n3c(-c4cc(C(C)(C)C)cc(C(C)(C)C)c4O)nc4c(-c5cc(-c6ccccc6)cc(-c6cc(-c7ccccc7)ccn6)c5)cccc43)c(C)c2)cc(C([2H])(C)C)c1. The first-order chi connectivity index (χ1) is 32.5. The van der Waals surface area contributed by atoms with E-state index < -0.39 is 11.8 Å². The molecule has 0 atom stereocenters. The molecule has 2 aromatic heterocycles. The Hall–Kier alpha value is -7.04. The Balaban J connectivity index is 1.31. The van der Waals surface area contributed by atoms with Crippen molar-refractivity contribution >= 4 is 11.0 Å². The number of nitrogens with zero attached hydrogens (tertiary/aromatic N) is 3. The van der Waals surface area contributed by atoms with Crippen LogP contribution >= 0.6 is 0 Å². The first-order valence-corrected chi connectivity index (χ1v) is 23.4. The van der Waals surface area contributed by atoms with Gasteiger partial charge in [0.1, 0.15) is 11.6 Å². The molecule has 0 amide bonds. The van der Waals surface area contributed by atoms with Crippen LogP contribution in [0.2, 0.25) is 0 Å². The van der Waals surface area contributed by atoms with Crippen molar-refractivity contribution in [3.63, 3.8) is 0 Å². The molecular weight excluding hydrogens is 815 g/mol. The van der Waals surface area contributed by atoms with Gasteiger partial charge in [-0.25, -0.2) is 4.98 Å². The van der Waals surface area contributed by atoms with Gasteiger partial charge >= 0.3 is 0 Å². The molecule has 67 heavy (non-hydrogen) atoms. The summed E-state index contributed by atoms with van der Waals surface area (Å²) >= 11 is 0. The summed E-state index contributed by atoms with van der Waals surface area (Å²) in [6.07, 6.45) is 1.89. The minimum absolute atomic E-state index is 0.212. The fourth-order valence-corrected chi connectivity index (χ4v) is 9.15. The number of aromatic hydroxyl groups is 1. The number of phenolic OH excluding ortho intramolecular Hbond substituents is 1. The number of imidazole rings is 1. The molecule has 0 unspecified atom stereocenters. The summed E-state index contributed by atoms with van der Waals surface area (Å²) < 4.78 is 20.1. The number of rotatable bonds is 9. The van der Waals surface area contributed by atoms with Gasteiger partial charge in [-0.15, -0.1) is 0 Å². The molecular formula is C63H63N3O. The Morgan fingerprint density at radius 2 is 1.12 bits per heavy atom. The molecule has 0 aliphatic heterocycles. The molecule has 4 heteroatoms. The predicted octanol–water partition coefficient (Wildman–Crippen LogP) is 17.3.